The standard InChI is InChI=1S/C48H64N6O11/c1-46(2,3)53-41(56)48(7,8)54(36-30-61-39-37(31-62-38(36)39)60-27-32-19-12-9-13-20-32)40(55)35(50-45(59)65-47(4,5)6)25-18-26-49-42(51-43(57)63-28-33-21-14-10-15-22-33)52-44(58)64-29-34-23-16-11-17-24-34/h9-17,19-24,35-39H,18,25-31H2,1-8H3,(H,50,59)(H,53,56)(H2,49,51,52,57,58)/t35?,36-,37+,38+,39+/m0/s1. The quantitative estimate of drug-likeness (QED) is 0.0556. The third-order valence-electron chi connectivity index (χ3n) is 10.3. The van der Waals surface area contributed by atoms with Crippen molar-refractivity contribution in [3.8, 4) is 0 Å². The Kier molecular flexibility index (Phi) is 17.5. The molecule has 2 aliphatic heterocycles. The number of hydrogen-bond donors (Lipinski definition) is 4. The van der Waals surface area contributed by atoms with Gasteiger partial charge in [-0.2, -0.15) is 0 Å². The Morgan fingerprint density at radius 2 is 1.20 bits per heavy atom. The topological polar surface area (TPSA) is 204 Å². The van der Waals surface area contributed by atoms with E-state index in [1.54, 1.807) is 58.9 Å². The fraction of sp³-hybridized carbons (Fsp3) is 0.500. The van der Waals surface area contributed by atoms with Crippen LogP contribution in [0.1, 0.15) is 84.9 Å². The Morgan fingerprint density at radius 3 is 1.71 bits per heavy atom. The lowest BCUT2D eigenvalue weighted by Gasteiger charge is -2.44. The van der Waals surface area contributed by atoms with Crippen LogP contribution in [0.25, 0.3) is 0 Å². The van der Waals surface area contributed by atoms with E-state index in [-0.39, 0.29) is 51.8 Å². The van der Waals surface area contributed by atoms with Crippen LogP contribution in [0.2, 0.25) is 0 Å². The maximum atomic E-state index is 15.2. The molecule has 5 rings (SSSR count). The minimum atomic E-state index is -1.49. The molecule has 5 atom stereocenters. The minimum Gasteiger partial charge on any atom is -0.444 e. The molecule has 17 heteroatoms. The molecular formula is C48H64N6O11. The van der Waals surface area contributed by atoms with Gasteiger partial charge in [-0.25, -0.2) is 14.4 Å². The van der Waals surface area contributed by atoms with Crippen LogP contribution in [0.3, 0.4) is 0 Å². The first kappa shape index (κ1) is 50.0. The van der Waals surface area contributed by atoms with E-state index < -0.39 is 77.2 Å². The summed E-state index contributed by atoms with van der Waals surface area (Å²) in [6.07, 6.45) is -4.13. The highest BCUT2D eigenvalue weighted by molar-refractivity contribution is 6.01. The van der Waals surface area contributed by atoms with Gasteiger partial charge in [-0.3, -0.25) is 25.2 Å². The first-order valence-electron chi connectivity index (χ1n) is 21.8. The van der Waals surface area contributed by atoms with Crippen molar-refractivity contribution in [1.29, 1.82) is 0 Å². The average molecular weight is 901 g/mol. The van der Waals surface area contributed by atoms with Gasteiger partial charge in [0, 0.05) is 12.1 Å². The molecule has 3 aromatic rings. The van der Waals surface area contributed by atoms with Gasteiger partial charge in [-0.1, -0.05) is 91.0 Å². The highest BCUT2D eigenvalue weighted by atomic mass is 16.6. The number of nitrogens with zero attached hydrogens (tertiary/aromatic N) is 2. The van der Waals surface area contributed by atoms with Gasteiger partial charge in [-0.05, 0) is 84.9 Å². The van der Waals surface area contributed by atoms with Crippen molar-refractivity contribution in [3.63, 3.8) is 0 Å². The van der Waals surface area contributed by atoms with Gasteiger partial charge >= 0.3 is 18.3 Å². The highest BCUT2D eigenvalue weighted by Gasteiger charge is 2.56. The van der Waals surface area contributed by atoms with Gasteiger partial charge < -0.3 is 44.0 Å². The molecule has 17 nitrogen and oxygen atoms in total. The summed E-state index contributed by atoms with van der Waals surface area (Å²) >= 11 is 0. The molecule has 0 aliphatic carbocycles. The molecule has 2 heterocycles. The molecule has 0 bridgehead atoms. The number of aliphatic imine (C=N–C) groups is 1. The summed E-state index contributed by atoms with van der Waals surface area (Å²) in [6, 6.07) is 25.8. The Hall–Kier alpha value is -6.04. The largest absolute Gasteiger partial charge is 0.444 e. The summed E-state index contributed by atoms with van der Waals surface area (Å²) in [4.78, 5) is 74.4. The van der Waals surface area contributed by atoms with Crippen LogP contribution in [-0.2, 0) is 57.8 Å². The lowest BCUT2D eigenvalue weighted by atomic mass is 9.92. The number of carbonyl (C=O) groups is 5. The van der Waals surface area contributed by atoms with Crippen molar-refractivity contribution in [1.82, 2.24) is 26.2 Å². The van der Waals surface area contributed by atoms with Crippen molar-refractivity contribution >= 4 is 36.1 Å². The maximum Gasteiger partial charge on any atom is 0.414 e. The Labute approximate surface area is 381 Å². The molecule has 0 aromatic heterocycles. The van der Waals surface area contributed by atoms with Crippen LogP contribution < -0.4 is 21.3 Å². The van der Waals surface area contributed by atoms with E-state index in [2.05, 4.69) is 26.3 Å². The zero-order valence-electron chi connectivity index (χ0n) is 38.6. The number of alkyl carbamates (subject to hydrolysis) is 3. The molecule has 2 aliphatic rings. The van der Waals surface area contributed by atoms with Crippen LogP contribution in [0.5, 0.6) is 0 Å². The second-order valence-electron chi connectivity index (χ2n) is 18.4. The summed E-state index contributed by atoms with van der Waals surface area (Å²) in [5, 5.41) is 10.7. The summed E-state index contributed by atoms with van der Waals surface area (Å²) < 4.78 is 35.2. The van der Waals surface area contributed by atoms with Crippen LogP contribution >= 0.6 is 0 Å². The second kappa shape index (κ2) is 22.7. The van der Waals surface area contributed by atoms with Gasteiger partial charge in [0.1, 0.15) is 48.7 Å². The van der Waals surface area contributed by atoms with Gasteiger partial charge in [0.2, 0.25) is 17.8 Å². The fourth-order valence-corrected chi connectivity index (χ4v) is 7.23. The van der Waals surface area contributed by atoms with Crippen LogP contribution in [0, 0.1) is 0 Å². The molecule has 1 unspecified atom stereocenters. The van der Waals surface area contributed by atoms with Crippen molar-refractivity contribution in [2.24, 2.45) is 4.99 Å². The molecule has 5 amide bonds. The minimum absolute atomic E-state index is 0.00935. The number of carbonyl (C=O) groups excluding carboxylic acids is 5. The van der Waals surface area contributed by atoms with Gasteiger partial charge in [0.15, 0.2) is 0 Å². The Morgan fingerprint density at radius 1 is 0.692 bits per heavy atom. The predicted molar refractivity (Wildman–Crippen MR) is 241 cm³/mol. The van der Waals surface area contributed by atoms with E-state index in [0.29, 0.717) is 6.61 Å². The number of guanidine groups is 1. The lowest BCUT2D eigenvalue weighted by molar-refractivity contribution is -0.154. The first-order valence-corrected chi connectivity index (χ1v) is 21.8. The molecule has 3 aromatic carbocycles. The monoisotopic (exact) mass is 900 g/mol. The molecule has 0 radical (unpaired) electrons. The van der Waals surface area contributed by atoms with E-state index in [1.807, 2.05) is 87.5 Å². The summed E-state index contributed by atoms with van der Waals surface area (Å²) in [5.74, 6) is -1.29. The van der Waals surface area contributed by atoms with Gasteiger partial charge in [0.05, 0.1) is 25.9 Å². The smallest absolute Gasteiger partial charge is 0.414 e. The zero-order chi connectivity index (χ0) is 47.2. The Bertz CT molecular complexity index is 2010. The first-order chi connectivity index (χ1) is 30.8. The Balaban J connectivity index is 1.37. The molecule has 4 N–H and O–H groups in total. The van der Waals surface area contributed by atoms with E-state index in [0.717, 1.165) is 16.7 Å². The van der Waals surface area contributed by atoms with E-state index >= 15 is 4.79 Å². The van der Waals surface area contributed by atoms with Gasteiger partial charge in [-0.15, -0.1) is 0 Å². The normalized spacial score (nSPS) is 18.6. The summed E-state index contributed by atoms with van der Waals surface area (Å²) in [7, 11) is 0. The number of amides is 5. The average Bonchev–Trinajstić information content (AvgIpc) is 3.85. The third kappa shape index (κ3) is 15.6. The second-order valence-corrected chi connectivity index (χ2v) is 18.4. The van der Waals surface area contributed by atoms with Crippen LogP contribution in [0.15, 0.2) is 96.0 Å². The molecule has 2 fully saturated rings. The number of nitrogens with one attached hydrogen (secondary N) is 4. The maximum absolute atomic E-state index is 15.2. The van der Waals surface area contributed by atoms with E-state index in [1.165, 1.54) is 4.90 Å². The molecule has 0 saturated carbocycles. The molecule has 65 heavy (non-hydrogen) atoms. The van der Waals surface area contributed by atoms with Crippen LogP contribution in [-0.4, -0.2) is 108 Å². The lowest BCUT2D eigenvalue weighted by Crippen LogP contribution is -2.67. The number of ether oxygens (including phenoxy) is 6. The molecule has 352 valence electrons. The van der Waals surface area contributed by atoms with E-state index in [4.69, 9.17) is 28.4 Å². The summed E-state index contributed by atoms with van der Waals surface area (Å²) in [5.41, 5.74) is -0.574. The zero-order valence-corrected chi connectivity index (χ0v) is 38.6. The van der Waals surface area contributed by atoms with Crippen molar-refractivity contribution in [2.75, 3.05) is 19.8 Å². The number of hydrogen-bond acceptors (Lipinski definition) is 12. The van der Waals surface area contributed by atoms with Crippen molar-refractivity contribution in [3.05, 3.63) is 108 Å². The summed E-state index contributed by atoms with van der Waals surface area (Å²) in [6.45, 7) is 14.3. The van der Waals surface area contributed by atoms with Gasteiger partial charge in [0.25, 0.3) is 0 Å². The van der Waals surface area contributed by atoms with Crippen molar-refractivity contribution in [2.45, 2.75) is 135 Å². The fourth-order valence-electron chi connectivity index (χ4n) is 7.23. The highest BCUT2D eigenvalue weighted by Crippen LogP contribution is 2.36. The van der Waals surface area contributed by atoms with Crippen molar-refractivity contribution < 1.29 is 52.4 Å². The SMILES string of the molecule is CC(C)(C)NC(=O)C(C)(C)N(C(=O)C(CCCN=C(NC(=O)OCc1ccccc1)NC(=O)OCc1ccccc1)NC(=O)OC(C)(C)C)[C@H]1CO[C@H]2[C@@H]1OC[C@H]2OCc1ccccc1. The molecular weight excluding hydrogens is 837 g/mol. The number of rotatable bonds is 16. The van der Waals surface area contributed by atoms with Crippen LogP contribution in [0.4, 0.5) is 14.4 Å². The predicted octanol–water partition coefficient (Wildman–Crippen LogP) is 6.14. The number of fused-ring (bicyclic) bond motifs is 1. The third-order valence-corrected chi connectivity index (χ3v) is 10.3. The van der Waals surface area contributed by atoms with E-state index in [9.17, 15) is 19.2 Å². The molecule has 0 spiro atoms. The number of benzene rings is 3. The molecule has 2 saturated heterocycles.